The number of hydrogen-bond donors (Lipinski definition) is 4. The predicted octanol–water partition coefficient (Wildman–Crippen LogP) is 0.117. The predicted molar refractivity (Wildman–Crippen MR) is 95.8 cm³/mol. The molecule has 146 valence electrons. The van der Waals surface area contributed by atoms with E-state index in [0.29, 0.717) is 17.0 Å². The van der Waals surface area contributed by atoms with Crippen molar-refractivity contribution < 1.29 is 19.5 Å². The van der Waals surface area contributed by atoms with Crippen LogP contribution in [0.25, 0.3) is 0 Å². The molecule has 1 aromatic rings. The Labute approximate surface area is 153 Å². The minimum atomic E-state index is -1.43. The van der Waals surface area contributed by atoms with E-state index in [9.17, 15) is 19.5 Å². The highest BCUT2D eigenvalue weighted by Gasteiger charge is 2.40. The zero-order chi connectivity index (χ0) is 20.0. The number of aromatic amines is 1. The summed E-state index contributed by atoms with van der Waals surface area (Å²) in [5, 5.41) is 9.66. The van der Waals surface area contributed by atoms with Crippen molar-refractivity contribution >= 4 is 17.8 Å². The highest BCUT2D eigenvalue weighted by molar-refractivity contribution is 6.03. The number of carboxylic acid groups (broad SMARTS) is 1. The lowest BCUT2D eigenvalue weighted by Crippen LogP contribution is -2.59. The molecule has 0 aliphatic heterocycles. The van der Waals surface area contributed by atoms with Crippen molar-refractivity contribution in [3.8, 4) is 0 Å². The highest BCUT2D eigenvalue weighted by atomic mass is 16.4. The third-order valence-electron chi connectivity index (χ3n) is 4.07. The van der Waals surface area contributed by atoms with E-state index in [2.05, 4.69) is 9.97 Å². The van der Waals surface area contributed by atoms with Crippen LogP contribution in [0.2, 0.25) is 0 Å². The van der Waals surface area contributed by atoms with Gasteiger partial charge in [0.1, 0.15) is 6.04 Å². The third kappa shape index (κ3) is 5.63. The standard InChI is InChI=1S/C17H29N5O4/c1-9(2)5-12(18)15(23)22(16(24)14(19)10(3)4)13(17(25)26)6-11-7-20-8-21-11/h7-10,12-14H,5-6,18-19H2,1-4H3,(H,20,21)(H,25,26). The Hall–Kier alpha value is -2.26. The van der Waals surface area contributed by atoms with Crippen molar-refractivity contribution in [3.05, 3.63) is 18.2 Å². The number of carboxylic acids is 1. The number of hydrogen-bond acceptors (Lipinski definition) is 6. The van der Waals surface area contributed by atoms with Gasteiger partial charge in [0.05, 0.1) is 24.1 Å². The molecule has 0 aromatic carbocycles. The van der Waals surface area contributed by atoms with Crippen LogP contribution < -0.4 is 11.5 Å². The first kappa shape index (κ1) is 21.8. The lowest BCUT2D eigenvalue weighted by molar-refractivity contribution is -0.159. The number of rotatable bonds is 9. The van der Waals surface area contributed by atoms with Crippen LogP contribution in [0, 0.1) is 11.8 Å². The molecule has 0 radical (unpaired) electrons. The molecule has 1 heterocycles. The SMILES string of the molecule is CC(C)CC(N)C(=O)N(C(=O)C(N)C(C)C)C(Cc1c[nH]cn1)C(=O)O. The monoisotopic (exact) mass is 367 g/mol. The molecule has 9 nitrogen and oxygen atoms in total. The molecule has 26 heavy (non-hydrogen) atoms. The molecule has 0 aliphatic rings. The molecular weight excluding hydrogens is 338 g/mol. The summed E-state index contributed by atoms with van der Waals surface area (Å²) >= 11 is 0. The van der Waals surface area contributed by atoms with E-state index < -0.39 is 35.9 Å². The van der Waals surface area contributed by atoms with Gasteiger partial charge in [-0.3, -0.25) is 14.5 Å². The first-order valence-electron chi connectivity index (χ1n) is 8.64. The molecular formula is C17H29N5O4. The Kier molecular flexibility index (Phi) is 7.91. The minimum Gasteiger partial charge on any atom is -0.480 e. The minimum absolute atomic E-state index is 0.110. The van der Waals surface area contributed by atoms with Crippen molar-refractivity contribution in [1.29, 1.82) is 0 Å². The van der Waals surface area contributed by atoms with Crippen LogP contribution in [0.1, 0.15) is 39.8 Å². The second-order valence-corrected chi connectivity index (χ2v) is 7.17. The van der Waals surface area contributed by atoms with Crippen LogP contribution in [0.4, 0.5) is 0 Å². The van der Waals surface area contributed by atoms with Crippen molar-refractivity contribution in [2.75, 3.05) is 0 Å². The summed E-state index contributed by atoms with van der Waals surface area (Å²) in [6.45, 7) is 7.22. The second-order valence-electron chi connectivity index (χ2n) is 7.17. The number of aliphatic carboxylic acids is 1. The van der Waals surface area contributed by atoms with E-state index in [4.69, 9.17) is 11.5 Å². The zero-order valence-corrected chi connectivity index (χ0v) is 15.7. The molecule has 6 N–H and O–H groups in total. The number of H-pyrrole nitrogens is 1. The van der Waals surface area contributed by atoms with Crippen LogP contribution in [-0.2, 0) is 20.8 Å². The number of carbonyl (C=O) groups is 3. The molecule has 1 aromatic heterocycles. The van der Waals surface area contributed by atoms with E-state index >= 15 is 0 Å². The number of nitrogens with two attached hydrogens (primary N) is 2. The Morgan fingerprint density at radius 1 is 1.19 bits per heavy atom. The van der Waals surface area contributed by atoms with Gasteiger partial charge < -0.3 is 21.6 Å². The van der Waals surface area contributed by atoms with E-state index in [1.165, 1.54) is 12.5 Å². The maximum Gasteiger partial charge on any atom is 0.327 e. The highest BCUT2D eigenvalue weighted by Crippen LogP contribution is 2.16. The van der Waals surface area contributed by atoms with Gasteiger partial charge >= 0.3 is 5.97 Å². The summed E-state index contributed by atoms with van der Waals surface area (Å²) < 4.78 is 0. The number of nitrogens with zero attached hydrogens (tertiary/aromatic N) is 2. The summed E-state index contributed by atoms with van der Waals surface area (Å²) in [6.07, 6.45) is 3.11. The summed E-state index contributed by atoms with van der Waals surface area (Å²) in [5.41, 5.74) is 12.3. The third-order valence-corrected chi connectivity index (χ3v) is 4.07. The van der Waals surface area contributed by atoms with E-state index in [0.717, 1.165) is 0 Å². The fourth-order valence-electron chi connectivity index (χ4n) is 2.54. The summed E-state index contributed by atoms with van der Waals surface area (Å²) in [7, 11) is 0. The first-order chi connectivity index (χ1) is 12.1. The molecule has 0 aliphatic carbocycles. The summed E-state index contributed by atoms with van der Waals surface area (Å²) in [6, 6.07) is -3.42. The number of nitrogens with one attached hydrogen (secondary N) is 1. The van der Waals surface area contributed by atoms with Crippen LogP contribution in [0.5, 0.6) is 0 Å². The molecule has 2 amide bonds. The molecule has 3 atom stereocenters. The lowest BCUT2D eigenvalue weighted by Gasteiger charge is -2.32. The van der Waals surface area contributed by atoms with Gasteiger partial charge in [0.2, 0.25) is 11.8 Å². The van der Waals surface area contributed by atoms with Crippen molar-refractivity contribution in [2.45, 2.75) is 58.7 Å². The molecule has 0 saturated heterocycles. The largest absolute Gasteiger partial charge is 0.480 e. The molecule has 0 saturated carbocycles. The maximum atomic E-state index is 12.9. The molecule has 0 spiro atoms. The molecule has 9 heteroatoms. The van der Waals surface area contributed by atoms with Gasteiger partial charge in [-0.25, -0.2) is 9.78 Å². The molecule has 0 fully saturated rings. The molecule has 0 bridgehead atoms. The van der Waals surface area contributed by atoms with Gasteiger partial charge in [0.15, 0.2) is 0 Å². The van der Waals surface area contributed by atoms with Crippen LogP contribution in [-0.4, -0.2) is 55.9 Å². The van der Waals surface area contributed by atoms with Crippen molar-refractivity contribution in [2.24, 2.45) is 23.3 Å². The van der Waals surface area contributed by atoms with Crippen LogP contribution in [0.15, 0.2) is 12.5 Å². The van der Waals surface area contributed by atoms with E-state index in [1.54, 1.807) is 13.8 Å². The lowest BCUT2D eigenvalue weighted by atomic mass is 9.98. The van der Waals surface area contributed by atoms with Gasteiger partial charge in [0, 0.05) is 12.6 Å². The Morgan fingerprint density at radius 2 is 1.81 bits per heavy atom. The number of amides is 2. The summed E-state index contributed by atoms with van der Waals surface area (Å²) in [5.74, 6) is -2.95. The van der Waals surface area contributed by atoms with Gasteiger partial charge in [0.25, 0.3) is 0 Å². The second kappa shape index (κ2) is 9.44. The number of aromatic nitrogens is 2. The van der Waals surface area contributed by atoms with Gasteiger partial charge in [-0.05, 0) is 18.3 Å². The van der Waals surface area contributed by atoms with Gasteiger partial charge in [-0.2, -0.15) is 0 Å². The molecule has 1 rings (SSSR count). The topological polar surface area (TPSA) is 155 Å². The van der Waals surface area contributed by atoms with Gasteiger partial charge in [-0.15, -0.1) is 0 Å². The fraction of sp³-hybridized carbons (Fsp3) is 0.647. The maximum absolute atomic E-state index is 12.9. The number of imide groups is 1. The smallest absolute Gasteiger partial charge is 0.327 e. The van der Waals surface area contributed by atoms with Crippen LogP contribution >= 0.6 is 0 Å². The van der Waals surface area contributed by atoms with E-state index in [1.807, 2.05) is 13.8 Å². The Balaban J connectivity index is 3.24. The number of carbonyl (C=O) groups excluding carboxylic acids is 2. The molecule has 3 unspecified atom stereocenters. The zero-order valence-electron chi connectivity index (χ0n) is 15.7. The van der Waals surface area contributed by atoms with Crippen molar-refractivity contribution in [1.82, 2.24) is 14.9 Å². The van der Waals surface area contributed by atoms with Crippen molar-refractivity contribution in [3.63, 3.8) is 0 Å². The first-order valence-corrected chi connectivity index (χ1v) is 8.64. The summed E-state index contributed by atoms with van der Waals surface area (Å²) in [4.78, 5) is 44.9. The van der Waals surface area contributed by atoms with E-state index in [-0.39, 0.29) is 18.3 Å². The van der Waals surface area contributed by atoms with Crippen LogP contribution in [0.3, 0.4) is 0 Å². The van der Waals surface area contributed by atoms with Gasteiger partial charge in [-0.1, -0.05) is 27.7 Å². The average Bonchev–Trinajstić information content (AvgIpc) is 3.05. The number of imidazole rings is 1. The quantitative estimate of drug-likeness (QED) is 0.483. The normalized spacial score (nSPS) is 14.9. The fourth-order valence-corrected chi connectivity index (χ4v) is 2.54. The average molecular weight is 367 g/mol. The Bertz CT molecular complexity index is 615. The Morgan fingerprint density at radius 3 is 2.23 bits per heavy atom.